The molecular formula is C12H12FNO4S. The molecule has 7 heteroatoms. The number of rotatable bonds is 5. The number of benzene rings is 1. The summed E-state index contributed by atoms with van der Waals surface area (Å²) in [6.07, 6.45) is 5.25. The molecule has 1 rings (SSSR count). The molecular weight excluding hydrogens is 273 g/mol. The standard InChI is InChI=1S/C12H12FNO4S/c1-3-4-8(2)14-19(17,18)9-5-6-11(13)10(7-9)12(15)16/h1,5-8,14H,4H2,2H3,(H,15,16). The molecule has 102 valence electrons. The second-order valence-electron chi connectivity index (χ2n) is 3.88. The summed E-state index contributed by atoms with van der Waals surface area (Å²) in [5, 5.41) is 8.74. The van der Waals surface area contributed by atoms with Crippen LogP contribution >= 0.6 is 0 Å². The zero-order chi connectivity index (χ0) is 14.6. The Hall–Kier alpha value is -1.91. The monoisotopic (exact) mass is 285 g/mol. The highest BCUT2D eigenvalue weighted by atomic mass is 32.2. The van der Waals surface area contributed by atoms with Crippen molar-refractivity contribution in [2.24, 2.45) is 0 Å². The van der Waals surface area contributed by atoms with Crippen LogP contribution in [-0.2, 0) is 10.0 Å². The molecule has 1 aromatic carbocycles. The van der Waals surface area contributed by atoms with E-state index in [2.05, 4.69) is 10.6 Å². The van der Waals surface area contributed by atoms with Crippen LogP contribution in [0.1, 0.15) is 23.7 Å². The lowest BCUT2D eigenvalue weighted by Gasteiger charge is -2.12. The second kappa shape index (κ2) is 5.82. The minimum atomic E-state index is -3.93. The number of aromatic carboxylic acids is 1. The predicted molar refractivity (Wildman–Crippen MR) is 66.6 cm³/mol. The molecule has 0 aliphatic heterocycles. The van der Waals surface area contributed by atoms with Crippen LogP contribution in [0.4, 0.5) is 4.39 Å². The van der Waals surface area contributed by atoms with Gasteiger partial charge in [0.15, 0.2) is 0 Å². The van der Waals surface area contributed by atoms with E-state index in [1.165, 1.54) is 0 Å². The molecule has 1 atom stereocenters. The first-order chi connectivity index (χ1) is 8.77. The van der Waals surface area contributed by atoms with Crippen molar-refractivity contribution in [1.29, 1.82) is 0 Å². The third kappa shape index (κ3) is 3.77. The number of carbonyl (C=O) groups is 1. The number of hydrogen-bond donors (Lipinski definition) is 2. The first-order valence-electron chi connectivity index (χ1n) is 5.26. The molecule has 0 radical (unpaired) electrons. The van der Waals surface area contributed by atoms with Crippen molar-refractivity contribution in [3.8, 4) is 12.3 Å². The van der Waals surface area contributed by atoms with Gasteiger partial charge in [0.05, 0.1) is 10.5 Å². The van der Waals surface area contributed by atoms with Gasteiger partial charge in [0.2, 0.25) is 10.0 Å². The van der Waals surface area contributed by atoms with E-state index in [4.69, 9.17) is 11.5 Å². The van der Waals surface area contributed by atoms with Crippen molar-refractivity contribution in [1.82, 2.24) is 4.72 Å². The van der Waals surface area contributed by atoms with Gasteiger partial charge >= 0.3 is 5.97 Å². The van der Waals surface area contributed by atoms with Gasteiger partial charge in [-0.2, -0.15) is 0 Å². The fourth-order valence-corrected chi connectivity index (χ4v) is 2.66. The van der Waals surface area contributed by atoms with E-state index < -0.39 is 33.4 Å². The van der Waals surface area contributed by atoms with Crippen LogP contribution in [0, 0.1) is 18.2 Å². The van der Waals surface area contributed by atoms with Crippen LogP contribution in [0.3, 0.4) is 0 Å². The maximum absolute atomic E-state index is 13.2. The zero-order valence-electron chi connectivity index (χ0n) is 10.1. The van der Waals surface area contributed by atoms with Gasteiger partial charge in [-0.15, -0.1) is 12.3 Å². The molecule has 0 bridgehead atoms. The van der Waals surface area contributed by atoms with Crippen molar-refractivity contribution in [2.45, 2.75) is 24.3 Å². The van der Waals surface area contributed by atoms with Gasteiger partial charge in [-0.1, -0.05) is 0 Å². The third-order valence-electron chi connectivity index (χ3n) is 2.26. The summed E-state index contributed by atoms with van der Waals surface area (Å²) in [4.78, 5) is 10.4. The second-order valence-corrected chi connectivity index (χ2v) is 5.59. The van der Waals surface area contributed by atoms with E-state index in [1.807, 2.05) is 0 Å². The predicted octanol–water partition coefficient (Wildman–Crippen LogP) is 1.21. The van der Waals surface area contributed by atoms with E-state index in [1.54, 1.807) is 6.92 Å². The number of halogens is 1. The van der Waals surface area contributed by atoms with Crippen molar-refractivity contribution in [3.05, 3.63) is 29.6 Å². The van der Waals surface area contributed by atoms with Gasteiger partial charge in [0.1, 0.15) is 5.82 Å². The molecule has 19 heavy (non-hydrogen) atoms. The maximum Gasteiger partial charge on any atom is 0.338 e. The highest BCUT2D eigenvalue weighted by Gasteiger charge is 2.20. The van der Waals surface area contributed by atoms with Crippen LogP contribution in [0.25, 0.3) is 0 Å². The lowest BCUT2D eigenvalue weighted by Crippen LogP contribution is -2.32. The molecule has 2 N–H and O–H groups in total. The first kappa shape index (κ1) is 15.1. The average Bonchev–Trinajstić information content (AvgIpc) is 2.28. The summed E-state index contributed by atoms with van der Waals surface area (Å²) in [5.41, 5.74) is -0.701. The van der Waals surface area contributed by atoms with Crippen LogP contribution in [0.15, 0.2) is 23.1 Å². The molecule has 0 spiro atoms. The Morgan fingerprint density at radius 2 is 2.21 bits per heavy atom. The first-order valence-corrected chi connectivity index (χ1v) is 6.75. The molecule has 1 unspecified atom stereocenters. The average molecular weight is 285 g/mol. The van der Waals surface area contributed by atoms with E-state index >= 15 is 0 Å². The summed E-state index contributed by atoms with van der Waals surface area (Å²) in [7, 11) is -3.93. The third-order valence-corrected chi connectivity index (χ3v) is 3.85. The molecule has 0 heterocycles. The number of carboxylic acids is 1. The van der Waals surface area contributed by atoms with Crippen molar-refractivity contribution in [2.75, 3.05) is 0 Å². The van der Waals surface area contributed by atoms with Gasteiger partial charge in [-0.3, -0.25) is 0 Å². The topological polar surface area (TPSA) is 83.5 Å². The maximum atomic E-state index is 13.2. The zero-order valence-corrected chi connectivity index (χ0v) is 10.9. The van der Waals surface area contributed by atoms with Gasteiger partial charge in [-0.05, 0) is 25.1 Å². The van der Waals surface area contributed by atoms with Crippen LogP contribution in [0.2, 0.25) is 0 Å². The van der Waals surface area contributed by atoms with Crippen molar-refractivity contribution in [3.63, 3.8) is 0 Å². The summed E-state index contributed by atoms with van der Waals surface area (Å²) < 4.78 is 39.3. The van der Waals surface area contributed by atoms with Crippen LogP contribution in [0.5, 0.6) is 0 Å². The SMILES string of the molecule is C#CCC(C)NS(=O)(=O)c1ccc(F)c(C(=O)O)c1. The Morgan fingerprint density at radius 1 is 1.58 bits per heavy atom. The molecule has 0 saturated heterocycles. The summed E-state index contributed by atoms with van der Waals surface area (Å²) in [5.74, 6) is -0.234. The van der Waals surface area contributed by atoms with Gasteiger partial charge in [0.25, 0.3) is 0 Å². The van der Waals surface area contributed by atoms with E-state index in [0.29, 0.717) is 0 Å². The number of carboxylic acid groups (broad SMARTS) is 1. The fraction of sp³-hybridized carbons (Fsp3) is 0.250. The number of terminal acetylenes is 1. The van der Waals surface area contributed by atoms with E-state index in [9.17, 15) is 17.6 Å². The fourth-order valence-electron chi connectivity index (χ4n) is 1.39. The number of sulfonamides is 1. The molecule has 0 aliphatic rings. The molecule has 0 fully saturated rings. The number of hydrogen-bond acceptors (Lipinski definition) is 3. The smallest absolute Gasteiger partial charge is 0.338 e. The van der Waals surface area contributed by atoms with Crippen LogP contribution in [-0.4, -0.2) is 25.5 Å². The minimum absolute atomic E-state index is 0.187. The molecule has 5 nitrogen and oxygen atoms in total. The highest BCUT2D eigenvalue weighted by molar-refractivity contribution is 7.89. The Labute approximate surface area is 110 Å². The molecule has 0 aromatic heterocycles. The molecule has 0 aliphatic carbocycles. The summed E-state index contributed by atoms with van der Waals surface area (Å²) in [6, 6.07) is 2.05. The lowest BCUT2D eigenvalue weighted by molar-refractivity contribution is 0.0691. The Bertz CT molecular complexity index is 634. The normalized spacial score (nSPS) is 12.7. The Kier molecular flexibility index (Phi) is 4.64. The van der Waals surface area contributed by atoms with Gasteiger partial charge < -0.3 is 5.11 Å². The summed E-state index contributed by atoms with van der Waals surface area (Å²) >= 11 is 0. The van der Waals surface area contributed by atoms with Gasteiger partial charge in [-0.25, -0.2) is 22.3 Å². The summed E-state index contributed by atoms with van der Waals surface area (Å²) in [6.45, 7) is 1.57. The molecule has 0 amide bonds. The Morgan fingerprint density at radius 3 is 2.74 bits per heavy atom. The largest absolute Gasteiger partial charge is 0.478 e. The lowest BCUT2D eigenvalue weighted by atomic mass is 10.2. The number of nitrogens with one attached hydrogen (secondary N) is 1. The van der Waals surface area contributed by atoms with Gasteiger partial charge in [0, 0.05) is 12.5 Å². The van der Waals surface area contributed by atoms with Crippen LogP contribution < -0.4 is 4.72 Å². The molecule has 1 aromatic rings. The molecule has 0 saturated carbocycles. The Balaban J connectivity index is 3.13. The van der Waals surface area contributed by atoms with E-state index in [-0.39, 0.29) is 11.3 Å². The minimum Gasteiger partial charge on any atom is -0.478 e. The highest BCUT2D eigenvalue weighted by Crippen LogP contribution is 2.15. The van der Waals surface area contributed by atoms with Crippen molar-refractivity contribution >= 4 is 16.0 Å². The quantitative estimate of drug-likeness (QED) is 0.797. The van der Waals surface area contributed by atoms with E-state index in [0.717, 1.165) is 18.2 Å². The van der Waals surface area contributed by atoms with Crippen molar-refractivity contribution < 1.29 is 22.7 Å².